The average Bonchev–Trinajstić information content (AvgIpc) is 3.14. The van der Waals surface area contributed by atoms with Crippen molar-refractivity contribution < 1.29 is 0 Å². The van der Waals surface area contributed by atoms with Crippen molar-refractivity contribution in [3.05, 3.63) is 63.1 Å². The summed E-state index contributed by atoms with van der Waals surface area (Å²) in [6, 6.07) is 8.98. The lowest BCUT2D eigenvalue weighted by Crippen LogP contribution is -2.46. The molecule has 26 heavy (non-hydrogen) atoms. The summed E-state index contributed by atoms with van der Waals surface area (Å²) < 4.78 is 1.45. The molecule has 2 aliphatic rings. The number of hydrogen-bond acceptors (Lipinski definition) is 1. The number of allylic oxidation sites excluding steroid dienone is 6. The highest BCUT2D eigenvalue weighted by atomic mass is 32.1. The standard InChI is InChI=1S/C24H30SSi/c1-14-13-24(6,18(5)15(14)2)26(7,8)23-17(4)16(3)21-19-11-9-10-12-20(19)25-22(21)23/h9-13,23H,1-8H3. The van der Waals surface area contributed by atoms with E-state index in [1.165, 1.54) is 26.8 Å². The van der Waals surface area contributed by atoms with Crippen LogP contribution < -0.4 is 0 Å². The molecule has 2 aromatic rings. The summed E-state index contributed by atoms with van der Waals surface area (Å²) in [5, 5.41) is 1.69. The summed E-state index contributed by atoms with van der Waals surface area (Å²) in [5.41, 5.74) is 9.92. The Balaban J connectivity index is 1.95. The minimum absolute atomic E-state index is 0.227. The van der Waals surface area contributed by atoms with Crippen LogP contribution in [-0.2, 0) is 0 Å². The Bertz CT molecular complexity index is 1030. The lowest BCUT2D eigenvalue weighted by molar-refractivity contribution is 0.817. The van der Waals surface area contributed by atoms with Gasteiger partial charge in [0.05, 0.1) is 8.07 Å². The van der Waals surface area contributed by atoms with E-state index in [1.807, 2.05) is 11.3 Å². The van der Waals surface area contributed by atoms with Gasteiger partial charge in [-0.2, -0.15) is 0 Å². The Kier molecular flexibility index (Phi) is 3.85. The number of hydrogen-bond donors (Lipinski definition) is 0. The lowest BCUT2D eigenvalue weighted by atomic mass is 10.0. The molecule has 2 aliphatic carbocycles. The van der Waals surface area contributed by atoms with Gasteiger partial charge in [-0.3, -0.25) is 0 Å². The second-order valence-corrected chi connectivity index (χ2v) is 15.2. The molecule has 0 saturated heterocycles. The van der Waals surface area contributed by atoms with Crippen LogP contribution >= 0.6 is 11.3 Å². The van der Waals surface area contributed by atoms with E-state index >= 15 is 0 Å². The number of thiophene rings is 1. The molecule has 0 radical (unpaired) electrons. The first-order chi connectivity index (χ1) is 12.1. The van der Waals surface area contributed by atoms with Crippen molar-refractivity contribution in [1.29, 1.82) is 0 Å². The molecule has 1 heterocycles. The highest BCUT2D eigenvalue weighted by molar-refractivity contribution is 7.20. The number of rotatable bonds is 2. The first-order valence-electron chi connectivity index (χ1n) is 9.68. The summed E-state index contributed by atoms with van der Waals surface area (Å²) in [7, 11) is -1.71. The monoisotopic (exact) mass is 378 g/mol. The molecule has 1 aromatic heterocycles. The Morgan fingerprint density at radius 2 is 1.62 bits per heavy atom. The zero-order valence-corrected chi connectivity index (χ0v) is 19.2. The van der Waals surface area contributed by atoms with Gasteiger partial charge in [0, 0.05) is 25.5 Å². The van der Waals surface area contributed by atoms with Gasteiger partial charge in [-0.15, -0.1) is 11.3 Å². The fourth-order valence-electron chi connectivity index (χ4n) is 5.44. The van der Waals surface area contributed by atoms with E-state index in [-0.39, 0.29) is 5.04 Å². The molecule has 0 fully saturated rings. The average molecular weight is 379 g/mol. The minimum Gasteiger partial charge on any atom is -0.139 e. The summed E-state index contributed by atoms with van der Waals surface area (Å²) >= 11 is 2.05. The third-order valence-electron chi connectivity index (χ3n) is 7.78. The van der Waals surface area contributed by atoms with Crippen LogP contribution in [0.25, 0.3) is 15.7 Å². The Labute approximate surface area is 163 Å². The van der Waals surface area contributed by atoms with Crippen molar-refractivity contribution in [2.24, 2.45) is 0 Å². The molecule has 136 valence electrons. The molecule has 0 spiro atoms. The number of fused-ring (bicyclic) bond motifs is 3. The molecular formula is C24H30SSi. The van der Waals surface area contributed by atoms with Crippen molar-refractivity contribution in [2.75, 3.05) is 0 Å². The van der Waals surface area contributed by atoms with Crippen LogP contribution in [0.2, 0.25) is 18.1 Å². The highest BCUT2D eigenvalue weighted by Gasteiger charge is 2.53. The van der Waals surface area contributed by atoms with Crippen LogP contribution in [0.15, 0.2) is 52.6 Å². The summed E-state index contributed by atoms with van der Waals surface area (Å²) in [6.07, 6.45) is 2.60. The first kappa shape index (κ1) is 18.0. The lowest BCUT2D eigenvalue weighted by Gasteiger charge is -2.45. The van der Waals surface area contributed by atoms with Crippen molar-refractivity contribution in [1.82, 2.24) is 0 Å². The van der Waals surface area contributed by atoms with Crippen LogP contribution in [-0.4, -0.2) is 8.07 Å². The molecule has 2 atom stereocenters. The van der Waals surface area contributed by atoms with E-state index in [0.29, 0.717) is 5.54 Å². The van der Waals surface area contributed by atoms with E-state index < -0.39 is 8.07 Å². The van der Waals surface area contributed by atoms with Gasteiger partial charge < -0.3 is 0 Å². The predicted octanol–water partition coefficient (Wildman–Crippen LogP) is 8.10. The van der Waals surface area contributed by atoms with Crippen LogP contribution in [0.3, 0.4) is 0 Å². The van der Waals surface area contributed by atoms with Gasteiger partial charge in [0.15, 0.2) is 0 Å². The van der Waals surface area contributed by atoms with Gasteiger partial charge in [0.1, 0.15) is 0 Å². The Morgan fingerprint density at radius 3 is 2.23 bits per heavy atom. The topological polar surface area (TPSA) is 0 Å². The zero-order chi connectivity index (χ0) is 19.0. The van der Waals surface area contributed by atoms with Gasteiger partial charge >= 0.3 is 0 Å². The molecular weight excluding hydrogens is 348 g/mol. The SMILES string of the molecule is CC1=CC(C)([Si](C)(C)C2C(C)=C(C)c3c2sc2ccccc32)C(C)=C1C. The van der Waals surface area contributed by atoms with E-state index in [2.05, 4.69) is 85.0 Å². The van der Waals surface area contributed by atoms with Crippen molar-refractivity contribution in [2.45, 2.75) is 65.2 Å². The molecule has 0 bridgehead atoms. The van der Waals surface area contributed by atoms with Gasteiger partial charge in [-0.05, 0) is 57.4 Å². The fraction of sp³-hybridized carbons (Fsp3) is 0.417. The molecule has 4 rings (SSSR count). The zero-order valence-electron chi connectivity index (χ0n) is 17.4. The third-order valence-corrected chi connectivity index (χ3v) is 14.6. The third kappa shape index (κ3) is 2.06. The van der Waals surface area contributed by atoms with Crippen LogP contribution in [0.1, 0.15) is 57.5 Å². The Morgan fingerprint density at radius 1 is 0.962 bits per heavy atom. The largest absolute Gasteiger partial charge is 0.139 e. The molecule has 0 saturated carbocycles. The summed E-state index contributed by atoms with van der Waals surface area (Å²) in [6.45, 7) is 19.5. The maximum atomic E-state index is 2.62. The molecule has 2 unspecified atom stereocenters. The summed E-state index contributed by atoms with van der Waals surface area (Å²) in [4.78, 5) is 1.64. The van der Waals surface area contributed by atoms with Crippen LogP contribution in [0, 0.1) is 0 Å². The van der Waals surface area contributed by atoms with Gasteiger partial charge in [-0.1, -0.05) is 61.0 Å². The summed E-state index contributed by atoms with van der Waals surface area (Å²) in [5.74, 6) is 0. The molecule has 0 aliphatic heterocycles. The van der Waals surface area contributed by atoms with Crippen molar-refractivity contribution in [3.8, 4) is 0 Å². The molecule has 0 nitrogen and oxygen atoms in total. The van der Waals surface area contributed by atoms with E-state index in [0.717, 1.165) is 0 Å². The predicted molar refractivity (Wildman–Crippen MR) is 121 cm³/mol. The van der Waals surface area contributed by atoms with Crippen LogP contribution in [0.5, 0.6) is 0 Å². The number of benzene rings is 1. The van der Waals surface area contributed by atoms with E-state index in [9.17, 15) is 0 Å². The quantitative estimate of drug-likeness (QED) is 0.463. The normalized spacial score (nSPS) is 26.2. The second kappa shape index (κ2) is 5.56. The molecule has 2 heteroatoms. The van der Waals surface area contributed by atoms with Crippen molar-refractivity contribution >= 4 is 35.1 Å². The molecule has 0 N–H and O–H groups in total. The van der Waals surface area contributed by atoms with Crippen LogP contribution in [0.4, 0.5) is 0 Å². The van der Waals surface area contributed by atoms with Gasteiger partial charge in [0.2, 0.25) is 0 Å². The van der Waals surface area contributed by atoms with E-state index in [1.54, 1.807) is 21.6 Å². The Hall–Kier alpha value is -1.38. The highest BCUT2D eigenvalue weighted by Crippen LogP contribution is 2.62. The maximum Gasteiger partial charge on any atom is 0.0759 e. The van der Waals surface area contributed by atoms with E-state index in [4.69, 9.17) is 0 Å². The molecule has 0 amide bonds. The van der Waals surface area contributed by atoms with Gasteiger partial charge in [0.25, 0.3) is 0 Å². The second-order valence-electron chi connectivity index (χ2n) is 9.08. The smallest absolute Gasteiger partial charge is 0.0759 e. The van der Waals surface area contributed by atoms with Crippen molar-refractivity contribution in [3.63, 3.8) is 0 Å². The maximum absolute atomic E-state index is 2.62. The minimum atomic E-state index is -1.71. The first-order valence-corrected chi connectivity index (χ1v) is 13.6. The van der Waals surface area contributed by atoms with Gasteiger partial charge in [-0.25, -0.2) is 0 Å². The molecule has 1 aromatic carbocycles. The fourth-order valence-corrected chi connectivity index (χ4v) is 12.3.